The van der Waals surface area contributed by atoms with Crippen LogP contribution in [0.1, 0.15) is 25.3 Å². The van der Waals surface area contributed by atoms with E-state index in [9.17, 15) is 14.4 Å². The maximum Gasteiger partial charge on any atom is 0.307 e. The number of benzene rings is 1. The molecule has 30 heavy (non-hydrogen) atoms. The topological polar surface area (TPSA) is 79.8 Å². The first-order chi connectivity index (χ1) is 14.5. The molecule has 0 N–H and O–H groups in total. The lowest BCUT2D eigenvalue weighted by molar-refractivity contribution is -0.145. The summed E-state index contributed by atoms with van der Waals surface area (Å²) in [4.78, 5) is 45.4. The summed E-state index contributed by atoms with van der Waals surface area (Å²) < 4.78 is 5.79. The molecule has 158 valence electrons. The van der Waals surface area contributed by atoms with Gasteiger partial charge in [0.2, 0.25) is 11.8 Å². The van der Waals surface area contributed by atoms with E-state index in [1.54, 1.807) is 35.2 Å². The van der Waals surface area contributed by atoms with Gasteiger partial charge in [0.15, 0.2) is 0 Å². The summed E-state index contributed by atoms with van der Waals surface area (Å²) in [5.41, 5.74) is 1.59. The Morgan fingerprint density at radius 3 is 2.77 bits per heavy atom. The van der Waals surface area contributed by atoms with Gasteiger partial charge in [0.1, 0.15) is 5.92 Å². The summed E-state index contributed by atoms with van der Waals surface area (Å²) in [5.74, 6) is -1.63. The first-order valence-corrected chi connectivity index (χ1v) is 10.7. The van der Waals surface area contributed by atoms with E-state index in [4.69, 9.17) is 4.74 Å². The van der Waals surface area contributed by atoms with Crippen molar-refractivity contribution in [2.24, 2.45) is 5.92 Å². The number of para-hydroxylation sites is 1. The molecule has 0 spiro atoms. The number of pyridine rings is 1. The van der Waals surface area contributed by atoms with Gasteiger partial charge in [0, 0.05) is 36.5 Å². The molecule has 1 unspecified atom stereocenters. The normalized spacial score (nSPS) is 15.9. The maximum absolute atomic E-state index is 13.3. The summed E-state index contributed by atoms with van der Waals surface area (Å²) in [6, 6.07) is 11.1. The first-order valence-electron chi connectivity index (χ1n) is 9.90. The van der Waals surface area contributed by atoms with Crippen LogP contribution in [0.5, 0.6) is 0 Å². The van der Waals surface area contributed by atoms with Gasteiger partial charge in [0.25, 0.3) is 0 Å². The molecule has 1 atom stereocenters. The minimum absolute atomic E-state index is 0.0781. The van der Waals surface area contributed by atoms with E-state index in [1.165, 1.54) is 0 Å². The number of anilines is 1. The Morgan fingerprint density at radius 2 is 2.07 bits per heavy atom. The number of amides is 2. The first kappa shape index (κ1) is 22.0. The average Bonchev–Trinajstić information content (AvgIpc) is 3.13. The average molecular weight is 474 g/mol. The van der Waals surface area contributed by atoms with Gasteiger partial charge >= 0.3 is 5.97 Å². The van der Waals surface area contributed by atoms with E-state index < -0.39 is 5.92 Å². The van der Waals surface area contributed by atoms with Crippen LogP contribution in [0.3, 0.4) is 0 Å². The number of aromatic nitrogens is 1. The van der Waals surface area contributed by atoms with Crippen molar-refractivity contribution in [3.63, 3.8) is 0 Å². The van der Waals surface area contributed by atoms with E-state index in [0.29, 0.717) is 13.0 Å². The molecule has 1 aromatic heterocycles. The van der Waals surface area contributed by atoms with Crippen molar-refractivity contribution in [1.82, 2.24) is 9.88 Å². The van der Waals surface area contributed by atoms with E-state index in [1.807, 2.05) is 30.3 Å². The van der Waals surface area contributed by atoms with Crippen molar-refractivity contribution in [2.45, 2.75) is 26.3 Å². The molecule has 1 aliphatic heterocycles. The van der Waals surface area contributed by atoms with Crippen LogP contribution in [0.25, 0.3) is 0 Å². The zero-order valence-electron chi connectivity index (χ0n) is 16.8. The molecule has 1 aromatic carbocycles. The maximum atomic E-state index is 13.3. The van der Waals surface area contributed by atoms with Gasteiger partial charge in [-0.3, -0.25) is 19.4 Å². The third-order valence-corrected chi connectivity index (χ3v) is 5.62. The second-order valence-electron chi connectivity index (χ2n) is 6.96. The third kappa shape index (κ3) is 5.24. The van der Waals surface area contributed by atoms with Crippen molar-refractivity contribution >= 4 is 39.4 Å². The molecule has 0 saturated carbocycles. The van der Waals surface area contributed by atoms with Crippen LogP contribution in [0.4, 0.5) is 5.69 Å². The lowest BCUT2D eigenvalue weighted by Crippen LogP contribution is -2.41. The molecule has 7 nitrogen and oxygen atoms in total. The SMILES string of the molecule is CCOC(=O)CCN(Cc1cccnc1)C(=O)C1CCN(c2ccccc2Br)C1=O. The number of carbonyl (C=O) groups is 3. The minimum Gasteiger partial charge on any atom is -0.466 e. The fourth-order valence-corrected chi connectivity index (χ4v) is 3.98. The summed E-state index contributed by atoms with van der Waals surface area (Å²) in [7, 11) is 0. The number of hydrogen-bond acceptors (Lipinski definition) is 5. The van der Waals surface area contributed by atoms with Crippen LogP contribution < -0.4 is 4.90 Å². The molecule has 0 aliphatic carbocycles. The number of rotatable bonds is 8. The quantitative estimate of drug-likeness (QED) is 0.434. The van der Waals surface area contributed by atoms with E-state index in [0.717, 1.165) is 15.7 Å². The van der Waals surface area contributed by atoms with Gasteiger partial charge in [-0.1, -0.05) is 18.2 Å². The van der Waals surface area contributed by atoms with Crippen LogP contribution >= 0.6 is 15.9 Å². The summed E-state index contributed by atoms with van der Waals surface area (Å²) in [5, 5.41) is 0. The Morgan fingerprint density at radius 1 is 1.27 bits per heavy atom. The van der Waals surface area contributed by atoms with Gasteiger partial charge in [-0.15, -0.1) is 0 Å². The van der Waals surface area contributed by atoms with Crippen LogP contribution in [0.15, 0.2) is 53.3 Å². The van der Waals surface area contributed by atoms with Gasteiger partial charge in [-0.05, 0) is 53.0 Å². The van der Waals surface area contributed by atoms with Gasteiger partial charge in [-0.25, -0.2) is 0 Å². The molecule has 2 aromatic rings. The molecule has 1 saturated heterocycles. The zero-order chi connectivity index (χ0) is 21.5. The number of esters is 1. The fourth-order valence-electron chi connectivity index (χ4n) is 3.48. The third-order valence-electron chi connectivity index (χ3n) is 4.95. The van der Waals surface area contributed by atoms with Crippen molar-refractivity contribution < 1.29 is 19.1 Å². The van der Waals surface area contributed by atoms with E-state index in [-0.39, 0.29) is 43.9 Å². The Bertz CT molecular complexity index is 906. The Hall–Kier alpha value is -2.74. The van der Waals surface area contributed by atoms with Crippen LogP contribution in [0, 0.1) is 5.92 Å². The monoisotopic (exact) mass is 473 g/mol. The highest BCUT2D eigenvalue weighted by Crippen LogP contribution is 2.32. The van der Waals surface area contributed by atoms with Gasteiger partial charge in [-0.2, -0.15) is 0 Å². The standard InChI is InChI=1S/C22H24BrN3O4/c1-2-30-20(27)10-12-25(15-16-6-5-11-24-14-16)21(28)17-9-13-26(22(17)29)19-8-4-3-7-18(19)23/h3-8,11,14,17H,2,9-10,12-13,15H2,1H3. The lowest BCUT2D eigenvalue weighted by atomic mass is 10.1. The Balaban J connectivity index is 1.75. The van der Waals surface area contributed by atoms with Crippen molar-refractivity contribution in [3.8, 4) is 0 Å². The smallest absolute Gasteiger partial charge is 0.307 e. The van der Waals surface area contributed by atoms with E-state index >= 15 is 0 Å². The summed E-state index contributed by atoms with van der Waals surface area (Å²) >= 11 is 3.47. The molecule has 0 bridgehead atoms. The number of halogens is 1. The largest absolute Gasteiger partial charge is 0.466 e. The Kier molecular flexibility index (Phi) is 7.57. The highest BCUT2D eigenvalue weighted by atomic mass is 79.9. The molecular formula is C22H24BrN3O4. The molecule has 0 radical (unpaired) electrons. The van der Waals surface area contributed by atoms with Crippen molar-refractivity contribution in [2.75, 3.05) is 24.6 Å². The van der Waals surface area contributed by atoms with Crippen molar-refractivity contribution in [3.05, 3.63) is 58.8 Å². The fraction of sp³-hybridized carbons (Fsp3) is 0.364. The number of carbonyl (C=O) groups excluding carboxylic acids is 3. The highest BCUT2D eigenvalue weighted by Gasteiger charge is 2.40. The molecule has 8 heteroatoms. The predicted molar refractivity (Wildman–Crippen MR) is 116 cm³/mol. The lowest BCUT2D eigenvalue weighted by Gasteiger charge is -2.25. The second kappa shape index (κ2) is 10.3. The molecule has 2 heterocycles. The van der Waals surface area contributed by atoms with Crippen molar-refractivity contribution in [1.29, 1.82) is 0 Å². The molecule has 2 amide bonds. The predicted octanol–water partition coefficient (Wildman–Crippen LogP) is 3.18. The minimum atomic E-state index is -0.768. The number of hydrogen-bond donors (Lipinski definition) is 0. The van der Waals surface area contributed by atoms with Crippen LogP contribution in [-0.2, 0) is 25.7 Å². The summed E-state index contributed by atoms with van der Waals surface area (Å²) in [6.07, 6.45) is 3.84. The number of ether oxygens (including phenoxy) is 1. The second-order valence-corrected chi connectivity index (χ2v) is 7.81. The molecule has 1 aliphatic rings. The van der Waals surface area contributed by atoms with E-state index in [2.05, 4.69) is 20.9 Å². The number of nitrogens with zero attached hydrogens (tertiary/aromatic N) is 3. The van der Waals surface area contributed by atoms with Gasteiger partial charge in [0.05, 0.1) is 18.7 Å². The van der Waals surface area contributed by atoms with Crippen LogP contribution in [0.2, 0.25) is 0 Å². The van der Waals surface area contributed by atoms with Gasteiger partial charge < -0.3 is 14.5 Å². The Labute approximate surface area is 184 Å². The zero-order valence-corrected chi connectivity index (χ0v) is 18.4. The molecule has 3 rings (SSSR count). The molecular weight excluding hydrogens is 450 g/mol. The van der Waals surface area contributed by atoms with Crippen LogP contribution in [-0.4, -0.2) is 47.4 Å². The molecule has 1 fully saturated rings. The highest BCUT2D eigenvalue weighted by molar-refractivity contribution is 9.10. The summed E-state index contributed by atoms with van der Waals surface area (Å²) in [6.45, 7) is 2.97.